The van der Waals surface area contributed by atoms with E-state index in [0.29, 0.717) is 0 Å². The number of piperazine rings is 1. The average molecular weight is 313 g/mol. The molecule has 1 saturated heterocycles. The Hall–Kier alpha value is -2.70. The van der Waals surface area contributed by atoms with Crippen LogP contribution in [0, 0.1) is 24.0 Å². The van der Waals surface area contributed by atoms with Crippen LogP contribution in [0.25, 0.3) is 0 Å². The summed E-state index contributed by atoms with van der Waals surface area (Å²) in [5, 5.41) is 10.9. The SMILES string of the molecule is Cc1cnc(C)c(N2CCN(c3cccc([N+](=O)[O-])c3)CC2)n1. The number of nitrogens with zero attached hydrogens (tertiary/aromatic N) is 5. The van der Waals surface area contributed by atoms with Gasteiger partial charge in [0, 0.05) is 50.2 Å². The Morgan fingerprint density at radius 2 is 1.83 bits per heavy atom. The van der Waals surface area contributed by atoms with E-state index in [9.17, 15) is 10.1 Å². The second kappa shape index (κ2) is 6.20. The van der Waals surface area contributed by atoms with E-state index in [-0.39, 0.29) is 10.6 Å². The van der Waals surface area contributed by atoms with Crippen molar-refractivity contribution in [3.63, 3.8) is 0 Å². The highest BCUT2D eigenvalue weighted by Crippen LogP contribution is 2.24. The van der Waals surface area contributed by atoms with Crippen LogP contribution in [0.2, 0.25) is 0 Å². The minimum absolute atomic E-state index is 0.130. The number of benzene rings is 1. The molecule has 0 N–H and O–H groups in total. The molecule has 1 aromatic heterocycles. The first-order chi connectivity index (χ1) is 11.0. The molecule has 0 bridgehead atoms. The van der Waals surface area contributed by atoms with Gasteiger partial charge in [-0.1, -0.05) is 6.07 Å². The van der Waals surface area contributed by atoms with Gasteiger partial charge in [-0.2, -0.15) is 0 Å². The van der Waals surface area contributed by atoms with Crippen molar-refractivity contribution in [3.05, 3.63) is 52.0 Å². The predicted octanol–water partition coefficient (Wildman–Crippen LogP) is 2.33. The van der Waals surface area contributed by atoms with E-state index in [1.54, 1.807) is 18.3 Å². The number of aryl methyl sites for hydroxylation is 2. The molecule has 0 saturated carbocycles. The van der Waals surface area contributed by atoms with Crippen molar-refractivity contribution < 1.29 is 4.92 Å². The van der Waals surface area contributed by atoms with Crippen molar-refractivity contribution >= 4 is 17.2 Å². The Morgan fingerprint density at radius 1 is 1.13 bits per heavy atom. The second-order valence-corrected chi connectivity index (χ2v) is 5.67. The van der Waals surface area contributed by atoms with Gasteiger partial charge in [-0.25, -0.2) is 4.98 Å². The van der Waals surface area contributed by atoms with Crippen molar-refractivity contribution in [2.45, 2.75) is 13.8 Å². The van der Waals surface area contributed by atoms with Crippen LogP contribution in [-0.4, -0.2) is 41.1 Å². The highest BCUT2D eigenvalue weighted by atomic mass is 16.6. The third kappa shape index (κ3) is 3.23. The smallest absolute Gasteiger partial charge is 0.271 e. The number of nitro groups is 1. The van der Waals surface area contributed by atoms with Crippen LogP contribution in [0.5, 0.6) is 0 Å². The van der Waals surface area contributed by atoms with E-state index in [0.717, 1.165) is 49.1 Å². The molecule has 1 aromatic carbocycles. The lowest BCUT2D eigenvalue weighted by Crippen LogP contribution is -2.47. The van der Waals surface area contributed by atoms with Crippen LogP contribution < -0.4 is 9.80 Å². The monoisotopic (exact) mass is 313 g/mol. The average Bonchev–Trinajstić information content (AvgIpc) is 2.57. The summed E-state index contributed by atoms with van der Waals surface area (Å²) in [5.74, 6) is 0.934. The zero-order valence-electron chi connectivity index (χ0n) is 13.3. The van der Waals surface area contributed by atoms with E-state index in [1.165, 1.54) is 6.07 Å². The molecule has 0 spiro atoms. The first-order valence-electron chi connectivity index (χ1n) is 7.59. The van der Waals surface area contributed by atoms with Gasteiger partial charge >= 0.3 is 0 Å². The van der Waals surface area contributed by atoms with Crippen molar-refractivity contribution in [2.24, 2.45) is 0 Å². The lowest BCUT2D eigenvalue weighted by atomic mass is 10.2. The number of hydrogen-bond acceptors (Lipinski definition) is 6. The molecule has 2 heterocycles. The van der Waals surface area contributed by atoms with E-state index in [4.69, 9.17) is 0 Å². The fourth-order valence-electron chi connectivity index (χ4n) is 2.80. The van der Waals surface area contributed by atoms with Crippen LogP contribution in [-0.2, 0) is 0 Å². The summed E-state index contributed by atoms with van der Waals surface area (Å²) in [6.07, 6.45) is 1.78. The van der Waals surface area contributed by atoms with Gasteiger partial charge in [0.15, 0.2) is 0 Å². The molecule has 120 valence electrons. The van der Waals surface area contributed by atoms with Gasteiger partial charge in [-0.15, -0.1) is 0 Å². The number of hydrogen-bond donors (Lipinski definition) is 0. The Bertz CT molecular complexity index is 726. The fourth-order valence-corrected chi connectivity index (χ4v) is 2.80. The topological polar surface area (TPSA) is 75.4 Å². The summed E-state index contributed by atoms with van der Waals surface area (Å²) in [6.45, 7) is 7.15. The van der Waals surface area contributed by atoms with Gasteiger partial charge in [0.05, 0.1) is 16.3 Å². The lowest BCUT2D eigenvalue weighted by molar-refractivity contribution is -0.384. The number of rotatable bonds is 3. The van der Waals surface area contributed by atoms with Crippen molar-refractivity contribution in [1.29, 1.82) is 0 Å². The number of aromatic nitrogens is 2. The Labute approximate surface area is 134 Å². The van der Waals surface area contributed by atoms with Crippen molar-refractivity contribution in [3.8, 4) is 0 Å². The summed E-state index contributed by atoms with van der Waals surface area (Å²) in [5.41, 5.74) is 2.86. The van der Waals surface area contributed by atoms with Gasteiger partial charge in [-0.3, -0.25) is 15.1 Å². The van der Waals surface area contributed by atoms with E-state index < -0.39 is 0 Å². The Morgan fingerprint density at radius 3 is 2.52 bits per heavy atom. The number of non-ortho nitro benzene ring substituents is 1. The molecule has 0 unspecified atom stereocenters. The standard InChI is InChI=1S/C16H19N5O2/c1-12-11-17-13(2)16(18-12)20-8-6-19(7-9-20)14-4-3-5-15(10-14)21(22)23/h3-5,10-11H,6-9H2,1-2H3. The molecule has 7 heteroatoms. The van der Waals surface area contributed by atoms with Crippen molar-refractivity contribution in [1.82, 2.24) is 9.97 Å². The molecule has 1 aliphatic rings. The van der Waals surface area contributed by atoms with Crippen molar-refractivity contribution in [2.75, 3.05) is 36.0 Å². The largest absolute Gasteiger partial charge is 0.368 e. The lowest BCUT2D eigenvalue weighted by Gasteiger charge is -2.37. The second-order valence-electron chi connectivity index (χ2n) is 5.67. The van der Waals surface area contributed by atoms with E-state index >= 15 is 0 Å². The van der Waals surface area contributed by atoms with Crippen LogP contribution in [0.15, 0.2) is 30.5 Å². The van der Waals surface area contributed by atoms with Crippen LogP contribution in [0.3, 0.4) is 0 Å². The Kier molecular flexibility index (Phi) is 4.10. The summed E-state index contributed by atoms with van der Waals surface area (Å²) < 4.78 is 0. The molecule has 23 heavy (non-hydrogen) atoms. The molecule has 0 amide bonds. The number of anilines is 2. The number of nitro benzene ring substituents is 1. The maximum Gasteiger partial charge on any atom is 0.271 e. The summed E-state index contributed by atoms with van der Waals surface area (Å²) in [6, 6.07) is 6.80. The third-order valence-electron chi connectivity index (χ3n) is 4.04. The van der Waals surface area contributed by atoms with Gasteiger partial charge in [0.1, 0.15) is 5.82 Å². The summed E-state index contributed by atoms with van der Waals surface area (Å²) >= 11 is 0. The predicted molar refractivity (Wildman–Crippen MR) is 89.0 cm³/mol. The maximum atomic E-state index is 10.9. The quantitative estimate of drug-likeness (QED) is 0.639. The zero-order valence-corrected chi connectivity index (χ0v) is 13.3. The third-order valence-corrected chi connectivity index (χ3v) is 4.04. The molecular weight excluding hydrogens is 294 g/mol. The van der Waals surface area contributed by atoms with Crippen LogP contribution in [0.1, 0.15) is 11.4 Å². The normalized spacial score (nSPS) is 14.9. The van der Waals surface area contributed by atoms with Gasteiger partial charge < -0.3 is 9.80 Å². The molecule has 0 radical (unpaired) electrons. The maximum absolute atomic E-state index is 10.9. The summed E-state index contributed by atoms with van der Waals surface area (Å²) in [4.78, 5) is 23.9. The van der Waals surface area contributed by atoms with Gasteiger partial charge in [0.25, 0.3) is 5.69 Å². The molecule has 7 nitrogen and oxygen atoms in total. The highest BCUT2D eigenvalue weighted by molar-refractivity contribution is 5.55. The Balaban J connectivity index is 1.72. The minimum Gasteiger partial charge on any atom is -0.368 e. The first kappa shape index (κ1) is 15.2. The molecule has 0 aliphatic carbocycles. The fraction of sp³-hybridized carbons (Fsp3) is 0.375. The van der Waals surface area contributed by atoms with Crippen LogP contribution in [0.4, 0.5) is 17.2 Å². The summed E-state index contributed by atoms with van der Waals surface area (Å²) in [7, 11) is 0. The highest BCUT2D eigenvalue weighted by Gasteiger charge is 2.21. The van der Waals surface area contributed by atoms with E-state index in [2.05, 4.69) is 19.8 Å². The molecular formula is C16H19N5O2. The molecule has 3 rings (SSSR count). The molecule has 0 atom stereocenters. The first-order valence-corrected chi connectivity index (χ1v) is 7.59. The molecule has 1 aliphatic heterocycles. The minimum atomic E-state index is -0.356. The molecule has 1 fully saturated rings. The van der Waals surface area contributed by atoms with Crippen LogP contribution >= 0.6 is 0 Å². The van der Waals surface area contributed by atoms with E-state index in [1.807, 2.05) is 19.9 Å². The zero-order chi connectivity index (χ0) is 16.4. The molecule has 2 aromatic rings. The van der Waals surface area contributed by atoms with Gasteiger partial charge in [0.2, 0.25) is 0 Å². The van der Waals surface area contributed by atoms with Gasteiger partial charge in [-0.05, 0) is 19.9 Å².